The number of rotatable bonds is 4. The van der Waals surface area contributed by atoms with Crippen LogP contribution >= 0.6 is 0 Å². The summed E-state index contributed by atoms with van der Waals surface area (Å²) in [4.78, 5) is 5.34. The zero-order valence-electron chi connectivity index (χ0n) is 10.9. The van der Waals surface area contributed by atoms with Gasteiger partial charge in [-0.05, 0) is 39.2 Å². The van der Waals surface area contributed by atoms with Crippen LogP contribution in [-0.2, 0) is 0 Å². The second-order valence-electron chi connectivity index (χ2n) is 5.59. The van der Waals surface area contributed by atoms with Crippen LogP contribution in [0, 0.1) is 0 Å². The summed E-state index contributed by atoms with van der Waals surface area (Å²) in [6.45, 7) is 9.62. The topological polar surface area (TPSA) is 32.5 Å². The second-order valence-corrected chi connectivity index (χ2v) is 5.59. The Labute approximate surface area is 100.0 Å². The molecule has 2 fully saturated rings. The van der Waals surface area contributed by atoms with E-state index in [2.05, 4.69) is 23.6 Å². The predicted octanol–water partition coefficient (Wildman–Crippen LogP) is 1.28. The van der Waals surface area contributed by atoms with Crippen molar-refractivity contribution in [2.24, 2.45) is 5.73 Å². The normalized spacial score (nSPS) is 33.9. The fraction of sp³-hybridized carbons (Fsp3) is 1.00. The van der Waals surface area contributed by atoms with Gasteiger partial charge in [-0.25, -0.2) is 0 Å². The van der Waals surface area contributed by atoms with E-state index in [9.17, 15) is 0 Å². The van der Waals surface area contributed by atoms with Crippen molar-refractivity contribution in [2.45, 2.75) is 57.7 Å². The van der Waals surface area contributed by atoms with E-state index in [1.54, 1.807) is 0 Å². The van der Waals surface area contributed by atoms with E-state index in [1.807, 2.05) is 0 Å². The van der Waals surface area contributed by atoms with E-state index in [-0.39, 0.29) is 0 Å². The molecular weight excluding hydrogens is 198 g/mol. The number of hydrogen-bond acceptors (Lipinski definition) is 3. The summed E-state index contributed by atoms with van der Waals surface area (Å²) < 4.78 is 0. The summed E-state index contributed by atoms with van der Waals surface area (Å²) in [6.07, 6.45) is 5.08. The van der Waals surface area contributed by atoms with Crippen molar-refractivity contribution in [1.29, 1.82) is 0 Å². The first kappa shape index (κ1) is 12.3. The van der Waals surface area contributed by atoms with Gasteiger partial charge in [-0.3, -0.25) is 9.80 Å². The first-order valence-corrected chi connectivity index (χ1v) is 6.94. The van der Waals surface area contributed by atoms with Crippen LogP contribution < -0.4 is 5.73 Å². The highest BCUT2D eigenvalue weighted by molar-refractivity contribution is 4.90. The molecule has 3 atom stereocenters. The van der Waals surface area contributed by atoms with Gasteiger partial charge in [0, 0.05) is 37.8 Å². The average molecular weight is 225 g/mol. The lowest BCUT2D eigenvalue weighted by molar-refractivity contribution is 0.0574. The summed E-state index contributed by atoms with van der Waals surface area (Å²) in [5.74, 6) is 0. The molecule has 3 unspecified atom stereocenters. The smallest absolute Gasteiger partial charge is 0.0224 e. The molecule has 2 aliphatic rings. The van der Waals surface area contributed by atoms with Gasteiger partial charge in [0.1, 0.15) is 0 Å². The molecule has 2 N–H and O–H groups in total. The summed E-state index contributed by atoms with van der Waals surface area (Å²) in [7, 11) is 0. The number of hydrogen-bond donors (Lipinski definition) is 1. The summed E-state index contributed by atoms with van der Waals surface area (Å²) in [6, 6.07) is 1.96. The molecule has 3 heteroatoms. The molecule has 2 heterocycles. The standard InChI is InChI=1S/C13H27N3/c1-3-12(14)6-8-15-10-13-5-4-7-16(13)9-11(15)2/h11-13H,3-10,14H2,1-2H3. The minimum absolute atomic E-state index is 0.397. The van der Waals surface area contributed by atoms with Crippen molar-refractivity contribution in [3.05, 3.63) is 0 Å². The highest BCUT2D eigenvalue weighted by Gasteiger charge is 2.33. The highest BCUT2D eigenvalue weighted by Crippen LogP contribution is 2.24. The van der Waals surface area contributed by atoms with Gasteiger partial charge in [0.2, 0.25) is 0 Å². The Morgan fingerprint density at radius 1 is 1.38 bits per heavy atom. The third-order valence-electron chi connectivity index (χ3n) is 4.38. The van der Waals surface area contributed by atoms with Crippen LogP contribution in [0.15, 0.2) is 0 Å². The van der Waals surface area contributed by atoms with Gasteiger partial charge in [-0.15, -0.1) is 0 Å². The van der Waals surface area contributed by atoms with E-state index in [1.165, 1.54) is 39.0 Å². The Balaban J connectivity index is 1.80. The maximum Gasteiger partial charge on any atom is 0.0224 e. The lowest BCUT2D eigenvalue weighted by Gasteiger charge is -2.42. The molecule has 0 saturated carbocycles. The lowest BCUT2D eigenvalue weighted by atomic mass is 10.1. The van der Waals surface area contributed by atoms with Gasteiger partial charge in [0.25, 0.3) is 0 Å². The zero-order valence-corrected chi connectivity index (χ0v) is 10.9. The molecule has 0 amide bonds. The van der Waals surface area contributed by atoms with E-state index in [0.717, 1.165) is 24.9 Å². The van der Waals surface area contributed by atoms with Gasteiger partial charge >= 0.3 is 0 Å². The summed E-state index contributed by atoms with van der Waals surface area (Å²) >= 11 is 0. The van der Waals surface area contributed by atoms with Crippen LogP contribution in [0.1, 0.15) is 39.5 Å². The Kier molecular flexibility index (Phi) is 4.22. The Hall–Kier alpha value is -0.120. The minimum Gasteiger partial charge on any atom is -0.328 e. The number of nitrogens with zero attached hydrogens (tertiary/aromatic N) is 2. The number of piperazine rings is 1. The summed E-state index contributed by atoms with van der Waals surface area (Å²) in [5, 5.41) is 0. The molecule has 3 nitrogen and oxygen atoms in total. The second kappa shape index (κ2) is 5.48. The number of nitrogens with two attached hydrogens (primary N) is 1. The maximum absolute atomic E-state index is 6.01. The van der Waals surface area contributed by atoms with Gasteiger partial charge in [0.05, 0.1) is 0 Å². The van der Waals surface area contributed by atoms with Crippen molar-refractivity contribution in [3.63, 3.8) is 0 Å². The molecule has 0 aromatic heterocycles. The minimum atomic E-state index is 0.397. The van der Waals surface area contributed by atoms with E-state index >= 15 is 0 Å². The van der Waals surface area contributed by atoms with Crippen LogP contribution in [0.2, 0.25) is 0 Å². The fourth-order valence-corrected chi connectivity index (χ4v) is 3.10. The van der Waals surface area contributed by atoms with Crippen LogP contribution in [0.3, 0.4) is 0 Å². The third-order valence-corrected chi connectivity index (χ3v) is 4.38. The molecule has 16 heavy (non-hydrogen) atoms. The van der Waals surface area contributed by atoms with Crippen molar-refractivity contribution in [2.75, 3.05) is 26.2 Å². The van der Waals surface area contributed by atoms with E-state index in [0.29, 0.717) is 6.04 Å². The quantitative estimate of drug-likeness (QED) is 0.782. The number of fused-ring (bicyclic) bond motifs is 1. The molecule has 0 bridgehead atoms. The van der Waals surface area contributed by atoms with Crippen LogP contribution in [0.25, 0.3) is 0 Å². The predicted molar refractivity (Wildman–Crippen MR) is 68.5 cm³/mol. The molecule has 0 radical (unpaired) electrons. The van der Waals surface area contributed by atoms with Gasteiger partial charge in [-0.1, -0.05) is 6.92 Å². The largest absolute Gasteiger partial charge is 0.328 e. The first-order valence-electron chi connectivity index (χ1n) is 6.94. The Morgan fingerprint density at radius 3 is 2.94 bits per heavy atom. The monoisotopic (exact) mass is 225 g/mol. The Morgan fingerprint density at radius 2 is 2.19 bits per heavy atom. The Bertz CT molecular complexity index is 219. The molecular formula is C13H27N3. The van der Waals surface area contributed by atoms with Crippen LogP contribution in [0.5, 0.6) is 0 Å². The first-order chi connectivity index (χ1) is 7.70. The molecule has 94 valence electrons. The summed E-state index contributed by atoms with van der Waals surface area (Å²) in [5.41, 5.74) is 6.01. The van der Waals surface area contributed by atoms with Crippen LogP contribution in [-0.4, -0.2) is 54.1 Å². The van der Waals surface area contributed by atoms with E-state index < -0.39 is 0 Å². The highest BCUT2D eigenvalue weighted by atomic mass is 15.3. The average Bonchev–Trinajstić information content (AvgIpc) is 2.72. The molecule has 2 saturated heterocycles. The van der Waals surface area contributed by atoms with Crippen molar-refractivity contribution < 1.29 is 0 Å². The molecule has 2 aliphatic heterocycles. The van der Waals surface area contributed by atoms with Crippen molar-refractivity contribution >= 4 is 0 Å². The molecule has 0 aromatic carbocycles. The zero-order chi connectivity index (χ0) is 11.5. The van der Waals surface area contributed by atoms with Crippen molar-refractivity contribution in [1.82, 2.24) is 9.80 Å². The van der Waals surface area contributed by atoms with Gasteiger partial charge < -0.3 is 5.73 Å². The maximum atomic E-state index is 6.01. The third kappa shape index (κ3) is 2.76. The van der Waals surface area contributed by atoms with Crippen LogP contribution in [0.4, 0.5) is 0 Å². The lowest BCUT2D eigenvalue weighted by Crippen LogP contribution is -2.55. The fourth-order valence-electron chi connectivity index (χ4n) is 3.10. The van der Waals surface area contributed by atoms with E-state index in [4.69, 9.17) is 5.73 Å². The SMILES string of the molecule is CCC(N)CCN1CC2CCCN2CC1C. The van der Waals surface area contributed by atoms with Gasteiger partial charge in [-0.2, -0.15) is 0 Å². The molecule has 0 aromatic rings. The van der Waals surface area contributed by atoms with Gasteiger partial charge in [0.15, 0.2) is 0 Å². The molecule has 0 spiro atoms. The van der Waals surface area contributed by atoms with Crippen molar-refractivity contribution in [3.8, 4) is 0 Å². The molecule has 0 aliphatic carbocycles. The molecule has 2 rings (SSSR count).